The highest BCUT2D eigenvalue weighted by atomic mass is 35.5. The van der Waals surface area contributed by atoms with Crippen LogP contribution < -0.4 is 9.47 Å². The summed E-state index contributed by atoms with van der Waals surface area (Å²) in [5, 5.41) is 10.4. The van der Waals surface area contributed by atoms with Gasteiger partial charge in [-0.25, -0.2) is 0 Å². The zero-order valence-corrected chi connectivity index (χ0v) is 17.7. The summed E-state index contributed by atoms with van der Waals surface area (Å²) in [7, 11) is 1.52. The van der Waals surface area contributed by atoms with Crippen molar-refractivity contribution in [2.24, 2.45) is 5.41 Å². The van der Waals surface area contributed by atoms with Crippen LogP contribution >= 0.6 is 23.2 Å². The molecule has 0 aliphatic carbocycles. The summed E-state index contributed by atoms with van der Waals surface area (Å²) < 4.78 is 11.2. The van der Waals surface area contributed by atoms with E-state index in [-0.39, 0.29) is 18.0 Å². The number of hydrogen-bond donors (Lipinski definition) is 0. The van der Waals surface area contributed by atoms with Gasteiger partial charge in [-0.05, 0) is 35.9 Å². The lowest BCUT2D eigenvalue weighted by Crippen LogP contribution is -2.21. The molecule has 0 radical (unpaired) electrons. The Kier molecular flexibility index (Phi) is 7.12. The Labute approximate surface area is 175 Å². The molecule has 0 aliphatic heterocycles. The van der Waals surface area contributed by atoms with E-state index in [0.29, 0.717) is 27.1 Å². The highest BCUT2D eigenvalue weighted by Gasteiger charge is 2.25. The Morgan fingerprint density at radius 3 is 2.43 bits per heavy atom. The van der Waals surface area contributed by atoms with Crippen molar-refractivity contribution in [1.29, 1.82) is 5.26 Å². The number of ketones is 1. The first kappa shape index (κ1) is 21.8. The van der Waals surface area contributed by atoms with Gasteiger partial charge < -0.3 is 9.47 Å². The average Bonchev–Trinajstić information content (AvgIpc) is 2.64. The number of methoxy groups -OCH3 is 1. The molecule has 0 fully saturated rings. The van der Waals surface area contributed by atoms with Crippen LogP contribution in [0.2, 0.25) is 10.0 Å². The molecule has 0 unspecified atom stereocenters. The number of nitrogens with zero attached hydrogens (tertiary/aromatic N) is 1. The minimum atomic E-state index is -0.632. The molecule has 0 bridgehead atoms. The maximum Gasteiger partial charge on any atom is 0.178 e. The van der Waals surface area contributed by atoms with Gasteiger partial charge in [0.1, 0.15) is 12.7 Å². The smallest absolute Gasteiger partial charge is 0.178 e. The zero-order valence-electron chi connectivity index (χ0n) is 16.2. The second kappa shape index (κ2) is 9.14. The molecule has 0 saturated heterocycles. The summed E-state index contributed by atoms with van der Waals surface area (Å²) in [6, 6.07) is 12.4. The van der Waals surface area contributed by atoms with Gasteiger partial charge in [0.15, 0.2) is 17.3 Å². The topological polar surface area (TPSA) is 59.3 Å². The van der Waals surface area contributed by atoms with Crippen LogP contribution in [0.15, 0.2) is 42.0 Å². The molecule has 0 aliphatic rings. The first-order valence-electron chi connectivity index (χ1n) is 8.57. The monoisotopic (exact) mass is 417 g/mol. The molecule has 28 heavy (non-hydrogen) atoms. The molecule has 0 amide bonds. The van der Waals surface area contributed by atoms with E-state index >= 15 is 0 Å². The van der Waals surface area contributed by atoms with Gasteiger partial charge in [-0.15, -0.1) is 0 Å². The summed E-state index contributed by atoms with van der Waals surface area (Å²) in [5.74, 6) is 0.789. The molecule has 4 nitrogen and oxygen atoms in total. The van der Waals surface area contributed by atoms with Crippen LogP contribution in [0.3, 0.4) is 0 Å². The molecule has 6 heteroatoms. The number of carbonyl (C=O) groups excluding carboxylic acids is 1. The maximum atomic E-state index is 12.4. The molecule has 0 aromatic heterocycles. The fourth-order valence-electron chi connectivity index (χ4n) is 2.41. The van der Waals surface area contributed by atoms with Crippen molar-refractivity contribution in [2.45, 2.75) is 27.4 Å². The van der Waals surface area contributed by atoms with Crippen LogP contribution in [-0.4, -0.2) is 12.9 Å². The summed E-state index contributed by atoms with van der Waals surface area (Å²) in [4.78, 5) is 12.4. The van der Waals surface area contributed by atoms with Crippen molar-refractivity contribution in [3.8, 4) is 17.6 Å². The number of ether oxygens (including phenoxy) is 2. The first-order valence-corrected chi connectivity index (χ1v) is 9.32. The van der Waals surface area contributed by atoms with Gasteiger partial charge >= 0.3 is 0 Å². The number of allylic oxidation sites excluding steroid dienone is 1. The quantitative estimate of drug-likeness (QED) is 0.420. The number of hydrogen-bond acceptors (Lipinski definition) is 4. The third-order valence-corrected chi connectivity index (χ3v) is 4.53. The second-order valence-electron chi connectivity index (χ2n) is 7.18. The average molecular weight is 418 g/mol. The van der Waals surface area contributed by atoms with E-state index in [0.717, 1.165) is 5.56 Å². The third-order valence-electron chi connectivity index (χ3n) is 3.94. The Balaban J connectivity index is 2.25. The highest BCUT2D eigenvalue weighted by molar-refractivity contribution is 6.35. The van der Waals surface area contributed by atoms with E-state index in [4.69, 9.17) is 32.7 Å². The van der Waals surface area contributed by atoms with Crippen LogP contribution in [0.4, 0.5) is 0 Å². The Morgan fingerprint density at radius 1 is 1.14 bits per heavy atom. The van der Waals surface area contributed by atoms with Gasteiger partial charge in [0.2, 0.25) is 0 Å². The van der Waals surface area contributed by atoms with Crippen molar-refractivity contribution >= 4 is 35.1 Å². The van der Waals surface area contributed by atoms with Crippen LogP contribution in [-0.2, 0) is 11.4 Å². The fourth-order valence-corrected chi connectivity index (χ4v) is 2.87. The predicted octanol–water partition coefficient (Wildman–Crippen LogP) is 6.10. The Hall–Kier alpha value is -2.48. The van der Waals surface area contributed by atoms with E-state index < -0.39 is 5.41 Å². The SMILES string of the molecule is COc1cc(/C=C(\C#N)C(=O)C(C)(C)C)ccc1OCc1ccc(Cl)cc1Cl. The van der Waals surface area contributed by atoms with Crippen LogP contribution in [0, 0.1) is 16.7 Å². The van der Waals surface area contributed by atoms with Gasteiger partial charge in [0.05, 0.1) is 12.7 Å². The van der Waals surface area contributed by atoms with Gasteiger partial charge in [-0.2, -0.15) is 5.26 Å². The molecule has 2 aromatic carbocycles. The number of benzene rings is 2. The summed E-state index contributed by atoms with van der Waals surface area (Å²) in [6.45, 7) is 5.58. The van der Waals surface area contributed by atoms with Gasteiger partial charge in [-0.1, -0.05) is 56.1 Å². The van der Waals surface area contributed by atoms with Crippen molar-refractivity contribution < 1.29 is 14.3 Å². The standard InChI is InChI=1S/C22H21Cl2NO3/c1-22(2,3)21(26)16(12-25)9-14-5-8-19(20(10-14)27-4)28-13-15-6-7-17(23)11-18(15)24/h5-11H,13H2,1-4H3/b16-9+. The molecule has 2 rings (SSSR count). The third kappa shape index (κ3) is 5.51. The summed E-state index contributed by atoms with van der Waals surface area (Å²) >= 11 is 12.1. The van der Waals surface area contributed by atoms with Gasteiger partial charge in [0.25, 0.3) is 0 Å². The number of carbonyl (C=O) groups is 1. The van der Waals surface area contributed by atoms with E-state index in [1.54, 1.807) is 63.2 Å². The Bertz CT molecular complexity index is 953. The molecule has 0 atom stereocenters. The lowest BCUT2D eigenvalue weighted by atomic mass is 9.86. The molecule has 0 saturated carbocycles. The first-order chi connectivity index (χ1) is 13.2. The lowest BCUT2D eigenvalue weighted by Gasteiger charge is -2.16. The van der Waals surface area contributed by atoms with Crippen LogP contribution in [0.1, 0.15) is 31.9 Å². The molecule has 0 spiro atoms. The number of rotatable bonds is 6. The van der Waals surface area contributed by atoms with Gasteiger partial charge in [-0.3, -0.25) is 4.79 Å². The molecule has 2 aromatic rings. The molecule has 0 heterocycles. The minimum absolute atomic E-state index is 0.0937. The zero-order chi connectivity index (χ0) is 20.9. The van der Waals surface area contributed by atoms with E-state index in [2.05, 4.69) is 0 Å². The minimum Gasteiger partial charge on any atom is -0.493 e. The highest BCUT2D eigenvalue weighted by Crippen LogP contribution is 2.31. The Morgan fingerprint density at radius 2 is 1.86 bits per heavy atom. The number of halogens is 2. The number of Topliss-reactive ketones (excluding diaryl/α,β-unsaturated/α-hetero) is 1. The van der Waals surface area contributed by atoms with Crippen LogP contribution in [0.25, 0.3) is 6.08 Å². The normalized spacial score (nSPS) is 11.7. The molecule has 146 valence electrons. The summed E-state index contributed by atoms with van der Waals surface area (Å²) in [6.07, 6.45) is 1.55. The maximum absolute atomic E-state index is 12.4. The largest absolute Gasteiger partial charge is 0.493 e. The van der Waals surface area contributed by atoms with E-state index in [9.17, 15) is 10.1 Å². The number of nitriles is 1. The fraction of sp³-hybridized carbons (Fsp3) is 0.273. The lowest BCUT2D eigenvalue weighted by molar-refractivity contribution is -0.121. The van der Waals surface area contributed by atoms with Crippen LogP contribution in [0.5, 0.6) is 11.5 Å². The van der Waals surface area contributed by atoms with Crippen molar-refractivity contribution in [3.05, 3.63) is 63.1 Å². The van der Waals surface area contributed by atoms with Crippen molar-refractivity contribution in [3.63, 3.8) is 0 Å². The van der Waals surface area contributed by atoms with E-state index in [1.807, 2.05) is 6.07 Å². The molecular weight excluding hydrogens is 397 g/mol. The van der Waals surface area contributed by atoms with Crippen molar-refractivity contribution in [2.75, 3.05) is 7.11 Å². The van der Waals surface area contributed by atoms with Crippen molar-refractivity contribution in [1.82, 2.24) is 0 Å². The summed E-state index contributed by atoms with van der Waals surface area (Å²) in [5.41, 5.74) is 0.922. The predicted molar refractivity (Wildman–Crippen MR) is 112 cm³/mol. The van der Waals surface area contributed by atoms with Gasteiger partial charge in [0, 0.05) is 21.0 Å². The van der Waals surface area contributed by atoms with E-state index in [1.165, 1.54) is 7.11 Å². The molecule has 0 N–H and O–H groups in total. The molecular formula is C22H21Cl2NO3. The second-order valence-corrected chi connectivity index (χ2v) is 8.03.